The number of carbonyl (C=O) groups is 1. The number of nitrogens with zero attached hydrogens (tertiary/aromatic N) is 1. The number of ether oxygens (including phenoxy) is 1. The Hall–Kier alpha value is -0.610. The van der Waals surface area contributed by atoms with Crippen molar-refractivity contribution < 1.29 is 9.53 Å². The predicted octanol–water partition coefficient (Wildman–Crippen LogP) is 1.41. The summed E-state index contributed by atoms with van der Waals surface area (Å²) in [4.78, 5) is 13.6. The van der Waals surface area contributed by atoms with E-state index < -0.39 is 0 Å². The number of hydrogen-bond donors (Lipinski definition) is 1. The van der Waals surface area contributed by atoms with Crippen molar-refractivity contribution in [3.05, 3.63) is 0 Å². The van der Waals surface area contributed by atoms with E-state index >= 15 is 0 Å². The maximum atomic E-state index is 11.7. The van der Waals surface area contributed by atoms with E-state index in [4.69, 9.17) is 4.74 Å². The molecule has 1 aliphatic heterocycles. The van der Waals surface area contributed by atoms with Gasteiger partial charge in [0.15, 0.2) is 0 Å². The quantitative estimate of drug-likeness (QED) is 0.654. The molecule has 1 aliphatic rings. The lowest BCUT2D eigenvalue weighted by Gasteiger charge is -2.26. The highest BCUT2D eigenvalue weighted by Gasteiger charge is 2.15. The molecule has 0 unspecified atom stereocenters. The zero-order valence-electron chi connectivity index (χ0n) is 11.0. The summed E-state index contributed by atoms with van der Waals surface area (Å²) in [5.74, 6) is 0.210. The normalized spacial score (nSPS) is 16.2. The van der Waals surface area contributed by atoms with E-state index in [0.717, 1.165) is 19.6 Å². The first-order valence-corrected chi connectivity index (χ1v) is 6.91. The molecule has 100 valence electrons. The van der Waals surface area contributed by atoms with Gasteiger partial charge in [-0.3, -0.25) is 4.79 Å². The van der Waals surface area contributed by atoms with E-state index in [1.165, 1.54) is 32.1 Å². The summed E-state index contributed by atoms with van der Waals surface area (Å²) in [6.07, 6.45) is 6.37. The van der Waals surface area contributed by atoms with Crippen LogP contribution in [-0.2, 0) is 9.53 Å². The SMILES string of the molecule is CCCCCCCNCC(=O)N1CCOCC1. The summed E-state index contributed by atoms with van der Waals surface area (Å²) in [5.41, 5.74) is 0. The lowest BCUT2D eigenvalue weighted by atomic mass is 10.1. The van der Waals surface area contributed by atoms with Gasteiger partial charge in [0.05, 0.1) is 19.8 Å². The average Bonchev–Trinajstić information content (AvgIpc) is 2.38. The highest BCUT2D eigenvalue weighted by atomic mass is 16.5. The van der Waals surface area contributed by atoms with Crippen molar-refractivity contribution in [1.82, 2.24) is 10.2 Å². The largest absolute Gasteiger partial charge is 0.378 e. The number of amides is 1. The van der Waals surface area contributed by atoms with Gasteiger partial charge in [0.1, 0.15) is 0 Å². The Bertz CT molecular complexity index is 204. The second kappa shape index (κ2) is 9.42. The van der Waals surface area contributed by atoms with Crippen LogP contribution in [0.2, 0.25) is 0 Å². The van der Waals surface area contributed by atoms with E-state index in [1.54, 1.807) is 0 Å². The number of morpholine rings is 1. The van der Waals surface area contributed by atoms with Crippen molar-refractivity contribution in [3.63, 3.8) is 0 Å². The first-order valence-electron chi connectivity index (χ1n) is 6.91. The second-order valence-corrected chi connectivity index (χ2v) is 4.58. The minimum absolute atomic E-state index is 0.210. The van der Waals surface area contributed by atoms with Crippen LogP contribution in [0.1, 0.15) is 39.0 Å². The van der Waals surface area contributed by atoms with Crippen molar-refractivity contribution >= 4 is 5.91 Å². The summed E-state index contributed by atoms with van der Waals surface area (Å²) in [7, 11) is 0. The van der Waals surface area contributed by atoms with Crippen molar-refractivity contribution in [2.24, 2.45) is 0 Å². The highest BCUT2D eigenvalue weighted by molar-refractivity contribution is 5.78. The van der Waals surface area contributed by atoms with Gasteiger partial charge >= 0.3 is 0 Å². The third kappa shape index (κ3) is 6.64. The molecular formula is C13H26N2O2. The molecule has 0 spiro atoms. The maximum Gasteiger partial charge on any atom is 0.236 e. The highest BCUT2D eigenvalue weighted by Crippen LogP contribution is 2.01. The molecule has 4 heteroatoms. The summed E-state index contributed by atoms with van der Waals surface area (Å²) in [6.45, 7) is 6.52. The summed E-state index contributed by atoms with van der Waals surface area (Å²) >= 11 is 0. The van der Waals surface area contributed by atoms with Gasteiger partial charge in [0, 0.05) is 13.1 Å². The fourth-order valence-electron chi connectivity index (χ4n) is 1.97. The predicted molar refractivity (Wildman–Crippen MR) is 69.0 cm³/mol. The number of unbranched alkanes of at least 4 members (excludes halogenated alkanes) is 4. The minimum atomic E-state index is 0.210. The molecule has 0 saturated carbocycles. The Balaban J connectivity index is 1.92. The van der Waals surface area contributed by atoms with Gasteiger partial charge in [-0.2, -0.15) is 0 Å². The van der Waals surface area contributed by atoms with Crippen molar-refractivity contribution in [2.75, 3.05) is 39.4 Å². The zero-order valence-corrected chi connectivity index (χ0v) is 11.0. The molecule has 1 fully saturated rings. The lowest BCUT2D eigenvalue weighted by Crippen LogP contribution is -2.44. The van der Waals surface area contributed by atoms with Crippen LogP contribution in [0, 0.1) is 0 Å². The first kappa shape index (κ1) is 14.5. The van der Waals surface area contributed by atoms with Gasteiger partial charge in [-0.05, 0) is 13.0 Å². The molecule has 0 aromatic heterocycles. The van der Waals surface area contributed by atoms with Crippen LogP contribution in [0.4, 0.5) is 0 Å². The molecule has 1 heterocycles. The number of nitrogens with one attached hydrogen (secondary N) is 1. The fourth-order valence-corrected chi connectivity index (χ4v) is 1.97. The van der Waals surface area contributed by atoms with E-state index in [0.29, 0.717) is 19.8 Å². The second-order valence-electron chi connectivity index (χ2n) is 4.58. The minimum Gasteiger partial charge on any atom is -0.378 e. The van der Waals surface area contributed by atoms with Gasteiger partial charge in [-0.1, -0.05) is 32.6 Å². The Morgan fingerprint density at radius 3 is 2.59 bits per heavy atom. The summed E-state index contributed by atoms with van der Waals surface area (Å²) in [6, 6.07) is 0. The van der Waals surface area contributed by atoms with Crippen LogP contribution in [0.15, 0.2) is 0 Å². The molecule has 0 aromatic rings. The van der Waals surface area contributed by atoms with Crippen molar-refractivity contribution in [1.29, 1.82) is 0 Å². The standard InChI is InChI=1S/C13H26N2O2/c1-2-3-4-5-6-7-14-12-13(16)15-8-10-17-11-9-15/h14H,2-12H2,1H3. The number of carbonyl (C=O) groups excluding carboxylic acids is 1. The van der Waals surface area contributed by atoms with E-state index in [9.17, 15) is 4.79 Å². The third-order valence-corrected chi connectivity index (χ3v) is 3.10. The molecule has 0 radical (unpaired) electrons. The van der Waals surface area contributed by atoms with Gasteiger partial charge in [-0.25, -0.2) is 0 Å². The molecule has 0 aromatic carbocycles. The van der Waals surface area contributed by atoms with Gasteiger partial charge in [0.2, 0.25) is 5.91 Å². The van der Waals surface area contributed by atoms with Crippen LogP contribution in [0.25, 0.3) is 0 Å². The van der Waals surface area contributed by atoms with E-state index in [-0.39, 0.29) is 5.91 Å². The Labute approximate surface area is 105 Å². The molecular weight excluding hydrogens is 216 g/mol. The van der Waals surface area contributed by atoms with Crippen molar-refractivity contribution in [3.8, 4) is 0 Å². The fraction of sp³-hybridized carbons (Fsp3) is 0.923. The topological polar surface area (TPSA) is 41.6 Å². The van der Waals surface area contributed by atoms with Gasteiger partial charge in [-0.15, -0.1) is 0 Å². The molecule has 1 saturated heterocycles. The lowest BCUT2D eigenvalue weighted by molar-refractivity contribution is -0.134. The van der Waals surface area contributed by atoms with Crippen LogP contribution in [0.3, 0.4) is 0 Å². The average molecular weight is 242 g/mol. The molecule has 4 nitrogen and oxygen atoms in total. The van der Waals surface area contributed by atoms with Crippen LogP contribution >= 0.6 is 0 Å². The molecule has 0 atom stereocenters. The van der Waals surface area contributed by atoms with Crippen LogP contribution in [0.5, 0.6) is 0 Å². The first-order chi connectivity index (χ1) is 8.34. The smallest absolute Gasteiger partial charge is 0.236 e. The van der Waals surface area contributed by atoms with E-state index in [1.807, 2.05) is 4.90 Å². The van der Waals surface area contributed by atoms with Gasteiger partial charge in [0.25, 0.3) is 0 Å². The summed E-state index contributed by atoms with van der Waals surface area (Å²) in [5, 5.41) is 3.23. The molecule has 1 N–H and O–H groups in total. The zero-order chi connectivity index (χ0) is 12.3. The molecule has 0 aliphatic carbocycles. The monoisotopic (exact) mass is 242 g/mol. The molecule has 1 amide bonds. The van der Waals surface area contributed by atoms with Crippen LogP contribution in [-0.4, -0.2) is 50.2 Å². The Kier molecular flexibility index (Phi) is 8.01. The Morgan fingerprint density at radius 1 is 1.18 bits per heavy atom. The summed E-state index contributed by atoms with van der Waals surface area (Å²) < 4.78 is 5.22. The number of hydrogen-bond acceptors (Lipinski definition) is 3. The molecule has 1 rings (SSSR count). The third-order valence-electron chi connectivity index (χ3n) is 3.10. The Morgan fingerprint density at radius 2 is 1.88 bits per heavy atom. The molecule has 17 heavy (non-hydrogen) atoms. The van der Waals surface area contributed by atoms with E-state index in [2.05, 4.69) is 12.2 Å². The number of rotatable bonds is 8. The van der Waals surface area contributed by atoms with Gasteiger partial charge < -0.3 is 15.0 Å². The molecule has 0 bridgehead atoms. The maximum absolute atomic E-state index is 11.7. The van der Waals surface area contributed by atoms with Crippen molar-refractivity contribution in [2.45, 2.75) is 39.0 Å². The van der Waals surface area contributed by atoms with Crippen LogP contribution < -0.4 is 5.32 Å².